The molecule has 1 N–H and O–H groups in total. The summed E-state index contributed by atoms with van der Waals surface area (Å²) in [5.74, 6) is 0.395. The molecule has 1 aromatic rings. The van der Waals surface area contributed by atoms with E-state index < -0.39 is 0 Å². The van der Waals surface area contributed by atoms with Crippen LogP contribution in [-0.4, -0.2) is 11.7 Å². The molecular formula is C13H19ClO. The van der Waals surface area contributed by atoms with E-state index in [1.54, 1.807) is 0 Å². The van der Waals surface area contributed by atoms with Gasteiger partial charge >= 0.3 is 0 Å². The summed E-state index contributed by atoms with van der Waals surface area (Å²) in [6, 6.07) is 7.89. The van der Waals surface area contributed by atoms with E-state index in [0.717, 1.165) is 17.9 Å². The van der Waals surface area contributed by atoms with Crippen LogP contribution in [0.1, 0.15) is 31.7 Å². The minimum Gasteiger partial charge on any atom is -0.396 e. The zero-order valence-electron chi connectivity index (χ0n) is 9.25. The number of benzene rings is 1. The molecule has 1 nitrogen and oxygen atoms in total. The summed E-state index contributed by atoms with van der Waals surface area (Å²) in [6.45, 7) is 2.46. The van der Waals surface area contributed by atoms with Crippen molar-refractivity contribution in [2.24, 2.45) is 5.92 Å². The molecule has 0 bridgehead atoms. The van der Waals surface area contributed by atoms with Crippen molar-refractivity contribution in [1.29, 1.82) is 0 Å². The van der Waals surface area contributed by atoms with Crippen molar-refractivity contribution in [2.45, 2.75) is 32.6 Å². The third-order valence-corrected chi connectivity index (χ3v) is 2.91. The van der Waals surface area contributed by atoms with Crippen LogP contribution in [-0.2, 0) is 6.42 Å². The molecule has 0 spiro atoms. The Morgan fingerprint density at radius 3 is 2.47 bits per heavy atom. The lowest BCUT2D eigenvalue weighted by molar-refractivity contribution is 0.215. The zero-order valence-corrected chi connectivity index (χ0v) is 10.0. The number of halogens is 1. The van der Waals surface area contributed by atoms with Crippen LogP contribution in [0.25, 0.3) is 0 Å². The van der Waals surface area contributed by atoms with Crippen LogP contribution in [0.3, 0.4) is 0 Å². The molecule has 1 unspecified atom stereocenters. The van der Waals surface area contributed by atoms with Crippen molar-refractivity contribution in [3.05, 3.63) is 34.9 Å². The summed E-state index contributed by atoms with van der Waals surface area (Å²) in [4.78, 5) is 0. The number of aliphatic hydroxyl groups excluding tert-OH is 1. The molecule has 0 aliphatic carbocycles. The summed E-state index contributed by atoms with van der Waals surface area (Å²) in [5.41, 5.74) is 1.26. The lowest BCUT2D eigenvalue weighted by atomic mass is 9.95. The highest BCUT2D eigenvalue weighted by Crippen LogP contribution is 2.16. The van der Waals surface area contributed by atoms with Gasteiger partial charge in [-0.15, -0.1) is 0 Å². The molecule has 84 valence electrons. The minimum absolute atomic E-state index is 0.280. The molecule has 0 heterocycles. The van der Waals surface area contributed by atoms with E-state index in [-0.39, 0.29) is 6.61 Å². The Bertz CT molecular complexity index is 268. The zero-order chi connectivity index (χ0) is 11.1. The predicted molar refractivity (Wildman–Crippen MR) is 65.3 cm³/mol. The first-order valence-electron chi connectivity index (χ1n) is 5.61. The van der Waals surface area contributed by atoms with Crippen LogP contribution < -0.4 is 0 Å². The predicted octanol–water partition coefficient (Wildman–Crippen LogP) is 3.68. The largest absolute Gasteiger partial charge is 0.396 e. The van der Waals surface area contributed by atoms with Gasteiger partial charge in [-0.3, -0.25) is 0 Å². The fraction of sp³-hybridized carbons (Fsp3) is 0.538. The van der Waals surface area contributed by atoms with Gasteiger partial charge in [0, 0.05) is 11.6 Å². The van der Waals surface area contributed by atoms with E-state index in [4.69, 9.17) is 11.6 Å². The SMILES string of the molecule is CCCCC(CO)Cc1ccc(Cl)cc1. The molecule has 0 aromatic heterocycles. The molecular weight excluding hydrogens is 208 g/mol. The fourth-order valence-corrected chi connectivity index (χ4v) is 1.83. The van der Waals surface area contributed by atoms with Crippen molar-refractivity contribution in [3.63, 3.8) is 0 Å². The van der Waals surface area contributed by atoms with Gasteiger partial charge in [0.05, 0.1) is 0 Å². The number of rotatable bonds is 6. The Kier molecular flexibility index (Phi) is 5.74. The van der Waals surface area contributed by atoms with Gasteiger partial charge in [0.15, 0.2) is 0 Å². The molecule has 0 saturated heterocycles. The van der Waals surface area contributed by atoms with E-state index in [2.05, 4.69) is 6.92 Å². The summed E-state index contributed by atoms with van der Waals surface area (Å²) >= 11 is 5.82. The standard InChI is InChI=1S/C13H19ClO/c1-2-3-4-12(10-15)9-11-5-7-13(14)8-6-11/h5-8,12,15H,2-4,9-10H2,1H3. The lowest BCUT2D eigenvalue weighted by Gasteiger charge is -2.13. The van der Waals surface area contributed by atoms with Gasteiger partial charge in [0.1, 0.15) is 0 Å². The normalized spacial score (nSPS) is 12.7. The summed E-state index contributed by atoms with van der Waals surface area (Å²) in [7, 11) is 0. The average Bonchev–Trinajstić information content (AvgIpc) is 2.27. The first kappa shape index (κ1) is 12.5. The van der Waals surface area contributed by atoms with Crippen LogP contribution in [0.5, 0.6) is 0 Å². The Hall–Kier alpha value is -0.530. The smallest absolute Gasteiger partial charge is 0.0462 e. The minimum atomic E-state index is 0.280. The van der Waals surface area contributed by atoms with Gasteiger partial charge in [0.25, 0.3) is 0 Å². The van der Waals surface area contributed by atoms with E-state index in [0.29, 0.717) is 5.92 Å². The summed E-state index contributed by atoms with van der Waals surface area (Å²) in [6.07, 6.45) is 4.44. The molecule has 1 rings (SSSR count). The maximum Gasteiger partial charge on any atom is 0.0462 e. The Morgan fingerprint density at radius 2 is 1.93 bits per heavy atom. The average molecular weight is 227 g/mol. The molecule has 1 aromatic carbocycles. The quantitative estimate of drug-likeness (QED) is 0.785. The highest BCUT2D eigenvalue weighted by atomic mass is 35.5. The second-order valence-electron chi connectivity index (χ2n) is 4.02. The maximum absolute atomic E-state index is 9.24. The van der Waals surface area contributed by atoms with Crippen molar-refractivity contribution >= 4 is 11.6 Å². The number of hydrogen-bond acceptors (Lipinski definition) is 1. The molecule has 0 aliphatic rings. The molecule has 0 saturated carbocycles. The third kappa shape index (κ3) is 4.67. The van der Waals surface area contributed by atoms with E-state index >= 15 is 0 Å². The van der Waals surface area contributed by atoms with Crippen LogP contribution in [0.2, 0.25) is 5.02 Å². The highest BCUT2D eigenvalue weighted by molar-refractivity contribution is 6.30. The summed E-state index contributed by atoms with van der Waals surface area (Å²) < 4.78 is 0. The van der Waals surface area contributed by atoms with Gasteiger partial charge in [-0.25, -0.2) is 0 Å². The second-order valence-corrected chi connectivity index (χ2v) is 4.46. The summed E-state index contributed by atoms with van der Waals surface area (Å²) in [5, 5.41) is 10.0. The Balaban J connectivity index is 2.47. The number of hydrogen-bond donors (Lipinski definition) is 1. The topological polar surface area (TPSA) is 20.2 Å². The molecule has 2 heteroatoms. The van der Waals surface area contributed by atoms with Gasteiger partial charge in [-0.2, -0.15) is 0 Å². The first-order valence-corrected chi connectivity index (χ1v) is 5.99. The van der Waals surface area contributed by atoms with E-state index in [1.807, 2.05) is 24.3 Å². The fourth-order valence-electron chi connectivity index (χ4n) is 1.70. The molecule has 0 amide bonds. The first-order chi connectivity index (χ1) is 7.26. The molecule has 0 aliphatic heterocycles. The van der Waals surface area contributed by atoms with Crippen molar-refractivity contribution in [3.8, 4) is 0 Å². The lowest BCUT2D eigenvalue weighted by Crippen LogP contribution is -2.09. The maximum atomic E-state index is 9.24. The molecule has 0 fully saturated rings. The van der Waals surface area contributed by atoms with Crippen molar-refractivity contribution < 1.29 is 5.11 Å². The Morgan fingerprint density at radius 1 is 1.27 bits per heavy atom. The van der Waals surface area contributed by atoms with Crippen molar-refractivity contribution in [1.82, 2.24) is 0 Å². The van der Waals surface area contributed by atoms with Crippen LogP contribution in [0.4, 0.5) is 0 Å². The van der Waals surface area contributed by atoms with Crippen LogP contribution in [0, 0.1) is 5.92 Å². The Labute approximate surface area is 97.1 Å². The number of aliphatic hydroxyl groups is 1. The van der Waals surface area contributed by atoms with Gasteiger partial charge < -0.3 is 5.11 Å². The van der Waals surface area contributed by atoms with Gasteiger partial charge in [0.2, 0.25) is 0 Å². The highest BCUT2D eigenvalue weighted by Gasteiger charge is 2.07. The third-order valence-electron chi connectivity index (χ3n) is 2.66. The second kappa shape index (κ2) is 6.86. The molecule has 15 heavy (non-hydrogen) atoms. The molecule has 1 atom stereocenters. The van der Waals surface area contributed by atoms with E-state index in [1.165, 1.54) is 18.4 Å². The van der Waals surface area contributed by atoms with Crippen molar-refractivity contribution in [2.75, 3.05) is 6.61 Å². The molecule has 0 radical (unpaired) electrons. The van der Waals surface area contributed by atoms with Gasteiger partial charge in [-0.1, -0.05) is 43.5 Å². The van der Waals surface area contributed by atoms with E-state index in [9.17, 15) is 5.11 Å². The van der Waals surface area contributed by atoms with Crippen LogP contribution in [0.15, 0.2) is 24.3 Å². The van der Waals surface area contributed by atoms with Crippen LogP contribution >= 0.6 is 11.6 Å². The number of unbranched alkanes of at least 4 members (excludes halogenated alkanes) is 1. The monoisotopic (exact) mass is 226 g/mol. The van der Waals surface area contributed by atoms with Gasteiger partial charge in [-0.05, 0) is 36.5 Å².